The predicted molar refractivity (Wildman–Crippen MR) is 84.3 cm³/mol. The summed E-state index contributed by atoms with van der Waals surface area (Å²) < 4.78 is 8.17. The zero-order chi connectivity index (χ0) is 13.8. The highest BCUT2D eigenvalue weighted by Crippen LogP contribution is 2.27. The number of hydrogen-bond donors (Lipinski definition) is 0. The molecule has 1 aliphatic heterocycles. The number of nitrogens with zero attached hydrogens (tertiary/aromatic N) is 2. The van der Waals surface area contributed by atoms with Gasteiger partial charge >= 0.3 is 0 Å². The topological polar surface area (TPSA) is 27.1 Å². The first-order valence-corrected chi connectivity index (χ1v) is 8.56. The predicted octanol–water partition coefficient (Wildman–Crippen LogP) is 4.11. The second-order valence-electron chi connectivity index (χ2n) is 5.33. The fourth-order valence-corrected chi connectivity index (χ4v) is 3.82. The van der Waals surface area contributed by atoms with Crippen molar-refractivity contribution < 1.29 is 4.74 Å². The van der Waals surface area contributed by atoms with E-state index < -0.39 is 0 Å². The molecule has 108 valence electrons. The van der Waals surface area contributed by atoms with Crippen LogP contribution in [0.4, 0.5) is 0 Å². The maximum absolute atomic E-state index is 5.82. The fraction of sp³-hybridized carbons (Fsp3) is 0.562. The van der Waals surface area contributed by atoms with Crippen LogP contribution in [0.3, 0.4) is 0 Å². The number of para-hydroxylation sites is 2. The molecule has 1 aromatic heterocycles. The largest absolute Gasteiger partial charge is 0.377 e. The molecule has 0 amide bonds. The zero-order valence-electron chi connectivity index (χ0n) is 12.0. The number of aromatic nitrogens is 2. The zero-order valence-corrected chi connectivity index (χ0v) is 12.9. The Labute approximate surface area is 124 Å². The van der Waals surface area contributed by atoms with Gasteiger partial charge in [-0.3, -0.25) is 0 Å². The third-order valence-electron chi connectivity index (χ3n) is 3.74. The Morgan fingerprint density at radius 3 is 3.05 bits per heavy atom. The molecular formula is C16H22N2OS. The lowest BCUT2D eigenvalue weighted by molar-refractivity contribution is 0.0315. The lowest BCUT2D eigenvalue weighted by Crippen LogP contribution is -2.21. The van der Waals surface area contributed by atoms with Gasteiger partial charge in [0.25, 0.3) is 0 Å². The molecule has 1 saturated heterocycles. The second kappa shape index (κ2) is 6.64. The monoisotopic (exact) mass is 290 g/mol. The number of benzene rings is 1. The molecular weight excluding hydrogens is 268 g/mol. The Morgan fingerprint density at radius 2 is 2.25 bits per heavy atom. The maximum Gasteiger partial charge on any atom is 0.169 e. The van der Waals surface area contributed by atoms with Crippen LogP contribution in [0.15, 0.2) is 29.4 Å². The number of rotatable bonds is 5. The van der Waals surface area contributed by atoms with Gasteiger partial charge in [0.2, 0.25) is 0 Å². The summed E-state index contributed by atoms with van der Waals surface area (Å²) in [7, 11) is 0. The molecule has 20 heavy (non-hydrogen) atoms. The van der Waals surface area contributed by atoms with Gasteiger partial charge in [-0.05, 0) is 37.8 Å². The second-order valence-corrected chi connectivity index (χ2v) is 6.32. The summed E-state index contributed by atoms with van der Waals surface area (Å²) in [5, 5.41) is 1.14. The van der Waals surface area contributed by atoms with E-state index in [0.717, 1.165) is 36.0 Å². The molecule has 3 nitrogen and oxygen atoms in total. The van der Waals surface area contributed by atoms with Crippen LogP contribution in [0, 0.1) is 0 Å². The Kier molecular flexibility index (Phi) is 4.63. The fourth-order valence-electron chi connectivity index (χ4n) is 2.71. The molecule has 2 aromatic rings. The summed E-state index contributed by atoms with van der Waals surface area (Å²) in [4.78, 5) is 4.79. The van der Waals surface area contributed by atoms with Crippen molar-refractivity contribution in [2.24, 2.45) is 0 Å². The minimum absolute atomic E-state index is 0.406. The first-order valence-electron chi connectivity index (χ1n) is 7.58. The van der Waals surface area contributed by atoms with Gasteiger partial charge in [0, 0.05) is 18.9 Å². The van der Waals surface area contributed by atoms with E-state index in [0.29, 0.717) is 6.10 Å². The maximum atomic E-state index is 5.82. The van der Waals surface area contributed by atoms with Gasteiger partial charge in [0.05, 0.1) is 17.1 Å². The number of imidazole rings is 1. The summed E-state index contributed by atoms with van der Waals surface area (Å²) in [6.45, 7) is 4.18. The summed E-state index contributed by atoms with van der Waals surface area (Å²) in [5.74, 6) is 1.02. The first-order chi connectivity index (χ1) is 9.88. The standard InChI is InChI=1S/C16H22N2OS/c1-2-10-18-15-9-4-3-8-14(15)17-16(18)20-12-13-7-5-6-11-19-13/h3-4,8-9,13H,2,5-7,10-12H2,1H3. The minimum Gasteiger partial charge on any atom is -0.377 e. The highest BCUT2D eigenvalue weighted by molar-refractivity contribution is 7.99. The van der Waals surface area contributed by atoms with Gasteiger partial charge in [0.15, 0.2) is 5.16 Å². The van der Waals surface area contributed by atoms with Crippen LogP contribution in [-0.4, -0.2) is 28.0 Å². The number of ether oxygens (including phenoxy) is 1. The van der Waals surface area contributed by atoms with E-state index in [9.17, 15) is 0 Å². The minimum atomic E-state index is 0.406. The molecule has 1 aromatic carbocycles. The Hall–Kier alpha value is -1.00. The Morgan fingerprint density at radius 1 is 1.35 bits per heavy atom. The molecule has 4 heteroatoms. The van der Waals surface area contributed by atoms with E-state index in [1.807, 2.05) is 11.8 Å². The number of thioether (sulfide) groups is 1. The van der Waals surface area contributed by atoms with E-state index in [1.54, 1.807) is 0 Å². The van der Waals surface area contributed by atoms with E-state index in [4.69, 9.17) is 9.72 Å². The van der Waals surface area contributed by atoms with Crippen molar-refractivity contribution in [3.63, 3.8) is 0 Å². The van der Waals surface area contributed by atoms with Crippen LogP contribution in [0.25, 0.3) is 11.0 Å². The molecule has 0 bridgehead atoms. The number of aryl methyl sites for hydroxylation is 1. The molecule has 1 atom stereocenters. The van der Waals surface area contributed by atoms with Gasteiger partial charge in [-0.1, -0.05) is 30.8 Å². The average Bonchev–Trinajstić information content (AvgIpc) is 2.85. The third kappa shape index (κ3) is 3.01. The molecule has 2 heterocycles. The van der Waals surface area contributed by atoms with E-state index >= 15 is 0 Å². The number of fused-ring (bicyclic) bond motifs is 1. The summed E-state index contributed by atoms with van der Waals surface area (Å²) in [6, 6.07) is 8.42. The lowest BCUT2D eigenvalue weighted by Gasteiger charge is -2.22. The van der Waals surface area contributed by atoms with Crippen LogP contribution in [0.1, 0.15) is 32.6 Å². The normalized spacial score (nSPS) is 19.6. The highest BCUT2D eigenvalue weighted by atomic mass is 32.2. The molecule has 1 unspecified atom stereocenters. The summed E-state index contributed by atoms with van der Waals surface area (Å²) in [6.07, 6.45) is 5.25. The van der Waals surface area contributed by atoms with Gasteiger partial charge in [-0.2, -0.15) is 0 Å². The van der Waals surface area contributed by atoms with Crippen LogP contribution >= 0.6 is 11.8 Å². The SMILES string of the molecule is CCCn1c(SCC2CCCCO2)nc2ccccc21. The molecule has 0 saturated carbocycles. The summed E-state index contributed by atoms with van der Waals surface area (Å²) in [5.41, 5.74) is 2.36. The molecule has 1 fully saturated rings. The number of hydrogen-bond acceptors (Lipinski definition) is 3. The van der Waals surface area contributed by atoms with Crippen molar-refractivity contribution >= 4 is 22.8 Å². The van der Waals surface area contributed by atoms with Crippen molar-refractivity contribution in [2.45, 2.75) is 50.4 Å². The van der Waals surface area contributed by atoms with Crippen molar-refractivity contribution in [1.29, 1.82) is 0 Å². The van der Waals surface area contributed by atoms with Gasteiger partial charge in [0.1, 0.15) is 0 Å². The Bertz CT molecular complexity index is 561. The smallest absolute Gasteiger partial charge is 0.169 e. The lowest BCUT2D eigenvalue weighted by atomic mass is 10.1. The van der Waals surface area contributed by atoms with Crippen LogP contribution in [-0.2, 0) is 11.3 Å². The summed E-state index contributed by atoms with van der Waals surface area (Å²) >= 11 is 1.85. The van der Waals surface area contributed by atoms with Crippen LogP contribution in [0.2, 0.25) is 0 Å². The Balaban J connectivity index is 1.77. The van der Waals surface area contributed by atoms with Crippen molar-refractivity contribution in [2.75, 3.05) is 12.4 Å². The van der Waals surface area contributed by atoms with Gasteiger partial charge in [-0.15, -0.1) is 0 Å². The van der Waals surface area contributed by atoms with Crippen LogP contribution in [0.5, 0.6) is 0 Å². The molecule has 0 spiro atoms. The molecule has 1 aliphatic rings. The highest BCUT2D eigenvalue weighted by Gasteiger charge is 2.16. The molecule has 3 rings (SSSR count). The first kappa shape index (κ1) is 14.0. The van der Waals surface area contributed by atoms with Crippen LogP contribution < -0.4 is 0 Å². The third-order valence-corrected chi connectivity index (χ3v) is 4.85. The molecule has 0 aliphatic carbocycles. The van der Waals surface area contributed by atoms with E-state index in [1.165, 1.54) is 24.8 Å². The van der Waals surface area contributed by atoms with Crippen molar-refractivity contribution in [3.05, 3.63) is 24.3 Å². The van der Waals surface area contributed by atoms with Crippen molar-refractivity contribution in [1.82, 2.24) is 9.55 Å². The van der Waals surface area contributed by atoms with Gasteiger partial charge in [-0.25, -0.2) is 4.98 Å². The molecule has 0 radical (unpaired) electrons. The quantitative estimate of drug-likeness (QED) is 0.775. The molecule has 0 N–H and O–H groups in total. The average molecular weight is 290 g/mol. The van der Waals surface area contributed by atoms with Gasteiger partial charge < -0.3 is 9.30 Å². The van der Waals surface area contributed by atoms with Crippen molar-refractivity contribution in [3.8, 4) is 0 Å². The van der Waals surface area contributed by atoms with E-state index in [-0.39, 0.29) is 0 Å². The van der Waals surface area contributed by atoms with E-state index in [2.05, 4.69) is 35.8 Å².